The molecule has 0 radical (unpaired) electrons. The number of fused-ring (bicyclic) bond motifs is 5. The molecule has 2 heteroatoms. The Bertz CT molecular complexity index is 1140. The van der Waals surface area contributed by atoms with Crippen molar-refractivity contribution in [3.05, 3.63) is 0 Å². The number of hydrogen-bond acceptors (Lipinski definition) is 2. The molecule has 10 fully saturated rings. The summed E-state index contributed by atoms with van der Waals surface area (Å²) in [4.78, 5) is 7.16. The molecule has 0 saturated heterocycles. The monoisotopic (exact) mass is 713 g/mol. The van der Waals surface area contributed by atoms with Crippen LogP contribution in [0.5, 0.6) is 0 Å². The largest absolute Gasteiger partial charge is 0.294 e. The fourth-order valence-electron chi connectivity index (χ4n) is 18.0. The Kier molecular flexibility index (Phi) is 11.5. The first-order valence-corrected chi connectivity index (χ1v) is 25.4. The molecule has 0 bridgehead atoms. The Hall–Kier alpha value is -0.0800. The van der Waals surface area contributed by atoms with Gasteiger partial charge in [0, 0.05) is 36.3 Å². The maximum Gasteiger partial charge on any atom is 0.0164 e. The Morgan fingerprint density at radius 2 is 0.692 bits per heavy atom. The molecule has 52 heavy (non-hydrogen) atoms. The molecule has 0 aliphatic heterocycles. The van der Waals surface area contributed by atoms with Crippen LogP contribution in [0, 0.1) is 59.2 Å². The first-order chi connectivity index (χ1) is 25.8. The lowest BCUT2D eigenvalue weighted by atomic mass is 9.50. The number of nitrogens with zero attached hydrogens (tertiary/aromatic N) is 2. The second kappa shape index (κ2) is 16.4. The molecule has 0 amide bonds. The Balaban J connectivity index is 1.06. The molecule has 10 aliphatic rings. The van der Waals surface area contributed by atoms with Crippen molar-refractivity contribution >= 4 is 0 Å². The maximum atomic E-state index is 3.60. The normalized spacial score (nSPS) is 47.9. The van der Waals surface area contributed by atoms with E-state index in [0.29, 0.717) is 0 Å². The fourth-order valence-corrected chi connectivity index (χ4v) is 18.0. The molecule has 0 aromatic carbocycles. The zero-order valence-corrected chi connectivity index (χ0v) is 34.2. The van der Waals surface area contributed by atoms with Crippen LogP contribution in [0.2, 0.25) is 0 Å². The summed E-state index contributed by atoms with van der Waals surface area (Å²) >= 11 is 0. The van der Waals surface area contributed by atoms with E-state index in [4.69, 9.17) is 0 Å². The van der Waals surface area contributed by atoms with Gasteiger partial charge in [0.1, 0.15) is 0 Å². The third-order valence-electron chi connectivity index (χ3n) is 19.9. The zero-order chi connectivity index (χ0) is 34.4. The predicted octanol–water partition coefficient (Wildman–Crippen LogP) is 13.4. The van der Waals surface area contributed by atoms with E-state index in [-0.39, 0.29) is 0 Å². The maximum absolute atomic E-state index is 3.60. The summed E-state index contributed by atoms with van der Waals surface area (Å²) in [6, 6.07) is 5.57. The molecule has 10 aliphatic carbocycles. The summed E-state index contributed by atoms with van der Waals surface area (Å²) in [7, 11) is 0. The summed E-state index contributed by atoms with van der Waals surface area (Å²) in [6.07, 6.45) is 53.2. The molecule has 14 atom stereocenters. The van der Waals surface area contributed by atoms with E-state index in [0.717, 1.165) is 95.4 Å². The van der Waals surface area contributed by atoms with Crippen molar-refractivity contribution in [3.63, 3.8) is 0 Å². The van der Waals surface area contributed by atoms with Gasteiger partial charge >= 0.3 is 0 Å². The molecular formula is C50H84N2. The third kappa shape index (κ3) is 6.97. The molecular weight excluding hydrogens is 629 g/mol. The lowest BCUT2D eigenvalue weighted by Gasteiger charge is -2.66. The molecule has 0 spiro atoms. The summed E-state index contributed by atoms with van der Waals surface area (Å²) < 4.78 is 0. The highest BCUT2D eigenvalue weighted by atomic mass is 15.3. The van der Waals surface area contributed by atoms with Gasteiger partial charge in [0.25, 0.3) is 0 Å². The van der Waals surface area contributed by atoms with Crippen LogP contribution in [-0.2, 0) is 0 Å². The molecule has 0 aromatic heterocycles. The molecule has 14 unspecified atom stereocenters. The summed E-state index contributed by atoms with van der Waals surface area (Å²) in [6.45, 7) is 0. The van der Waals surface area contributed by atoms with E-state index >= 15 is 0 Å². The van der Waals surface area contributed by atoms with E-state index in [2.05, 4.69) is 9.80 Å². The lowest BCUT2D eigenvalue weighted by Crippen LogP contribution is -2.69. The first-order valence-electron chi connectivity index (χ1n) is 25.4. The fraction of sp³-hybridized carbons (Fsp3) is 1.00. The van der Waals surface area contributed by atoms with Gasteiger partial charge in [-0.25, -0.2) is 0 Å². The van der Waals surface area contributed by atoms with E-state index in [9.17, 15) is 0 Å². The van der Waals surface area contributed by atoms with E-state index in [1.807, 2.05) is 0 Å². The van der Waals surface area contributed by atoms with Crippen LogP contribution in [0.1, 0.15) is 218 Å². The highest BCUT2D eigenvalue weighted by Gasteiger charge is 2.59. The molecule has 0 aromatic rings. The molecule has 2 nitrogen and oxygen atoms in total. The van der Waals surface area contributed by atoms with Crippen molar-refractivity contribution in [2.24, 2.45) is 59.2 Å². The van der Waals surface area contributed by atoms with Gasteiger partial charge in [-0.3, -0.25) is 9.80 Å². The molecule has 0 N–H and O–H groups in total. The topological polar surface area (TPSA) is 6.48 Å². The van der Waals surface area contributed by atoms with Crippen LogP contribution >= 0.6 is 0 Å². The van der Waals surface area contributed by atoms with Gasteiger partial charge in [-0.2, -0.15) is 0 Å². The summed E-state index contributed by atoms with van der Waals surface area (Å²) in [5, 5.41) is 0. The van der Waals surface area contributed by atoms with Crippen LogP contribution in [0.15, 0.2) is 0 Å². The Labute approximate surface area is 322 Å². The van der Waals surface area contributed by atoms with Gasteiger partial charge < -0.3 is 0 Å². The Morgan fingerprint density at radius 1 is 0.231 bits per heavy atom. The van der Waals surface area contributed by atoms with Crippen molar-refractivity contribution in [2.75, 3.05) is 0 Å². The van der Waals surface area contributed by atoms with Crippen LogP contribution in [0.25, 0.3) is 0 Å². The molecule has 10 saturated carbocycles. The van der Waals surface area contributed by atoms with Crippen molar-refractivity contribution in [1.82, 2.24) is 9.80 Å². The Morgan fingerprint density at radius 3 is 1.33 bits per heavy atom. The number of rotatable bonds is 6. The first kappa shape index (κ1) is 36.3. The SMILES string of the molecule is C1CCC(N(C2CCC3CCCCC3C2)C2C3CCCCC3CC3C2CC2CCCCC2C3N(C2CCCCC2)C2CCCC3CCCCC32)CC1. The lowest BCUT2D eigenvalue weighted by molar-refractivity contribution is -0.162. The smallest absolute Gasteiger partial charge is 0.0164 e. The average molecular weight is 713 g/mol. The second-order valence-corrected chi connectivity index (χ2v) is 22.2. The van der Waals surface area contributed by atoms with Crippen molar-refractivity contribution < 1.29 is 0 Å². The van der Waals surface area contributed by atoms with Gasteiger partial charge in [-0.1, -0.05) is 135 Å². The molecule has 0 heterocycles. The highest BCUT2D eigenvalue weighted by Crippen LogP contribution is 2.60. The minimum atomic E-state index is 0.920. The summed E-state index contributed by atoms with van der Waals surface area (Å²) in [5.74, 6) is 10.4. The quantitative estimate of drug-likeness (QED) is 0.270. The highest BCUT2D eigenvalue weighted by molar-refractivity contribution is 5.12. The van der Waals surface area contributed by atoms with Crippen LogP contribution in [-0.4, -0.2) is 46.1 Å². The summed E-state index contributed by atoms with van der Waals surface area (Å²) in [5.41, 5.74) is 0. The third-order valence-corrected chi connectivity index (χ3v) is 19.9. The van der Waals surface area contributed by atoms with Crippen LogP contribution < -0.4 is 0 Å². The van der Waals surface area contributed by atoms with Gasteiger partial charge in [-0.05, 0) is 143 Å². The van der Waals surface area contributed by atoms with Gasteiger partial charge in [0.2, 0.25) is 0 Å². The van der Waals surface area contributed by atoms with Gasteiger partial charge in [-0.15, -0.1) is 0 Å². The standard InChI is InChI=1S/C50H84N2/c1-3-22-40(23-4-1)51(42-31-30-35-16-7-8-18-37(35)32-42)49-44-27-13-10-19-38(44)34-47-46(49)33-39-20-11-14-28-45(39)50(47)52(41-24-5-2-6-25-41)48-29-15-21-36-17-9-12-26-43(36)48/h35-50H,1-34H2. The average Bonchev–Trinajstić information content (AvgIpc) is 3.21. The second-order valence-electron chi connectivity index (χ2n) is 22.2. The van der Waals surface area contributed by atoms with E-state index in [1.54, 1.807) is 180 Å². The van der Waals surface area contributed by atoms with Crippen LogP contribution in [0.3, 0.4) is 0 Å². The predicted molar refractivity (Wildman–Crippen MR) is 218 cm³/mol. The van der Waals surface area contributed by atoms with E-state index < -0.39 is 0 Å². The van der Waals surface area contributed by atoms with Crippen molar-refractivity contribution in [3.8, 4) is 0 Å². The number of hydrogen-bond donors (Lipinski definition) is 0. The molecule has 10 rings (SSSR count). The minimum Gasteiger partial charge on any atom is -0.294 e. The molecule has 294 valence electrons. The van der Waals surface area contributed by atoms with Gasteiger partial charge in [0.05, 0.1) is 0 Å². The minimum absolute atomic E-state index is 0.920. The van der Waals surface area contributed by atoms with E-state index in [1.165, 1.54) is 38.5 Å². The van der Waals surface area contributed by atoms with Crippen molar-refractivity contribution in [1.29, 1.82) is 0 Å². The zero-order valence-electron chi connectivity index (χ0n) is 34.2. The van der Waals surface area contributed by atoms with Crippen LogP contribution in [0.4, 0.5) is 0 Å². The van der Waals surface area contributed by atoms with Crippen molar-refractivity contribution in [2.45, 2.75) is 255 Å². The van der Waals surface area contributed by atoms with Gasteiger partial charge in [0.15, 0.2) is 0 Å².